The highest BCUT2D eigenvalue weighted by molar-refractivity contribution is 5.87. The lowest BCUT2D eigenvalue weighted by atomic mass is 10.1. The molecule has 84 valence electrons. The smallest absolute Gasteiger partial charge is 0.0885 e. The van der Waals surface area contributed by atoms with Crippen LogP contribution in [-0.2, 0) is 0 Å². The third-order valence-electron chi connectivity index (χ3n) is 2.92. The first kappa shape index (κ1) is 9.90. The number of aromatic amines is 1. The zero-order valence-electron chi connectivity index (χ0n) is 9.57. The molecule has 3 nitrogen and oxygen atoms in total. The number of para-hydroxylation sites is 1. The van der Waals surface area contributed by atoms with Gasteiger partial charge in [-0.05, 0) is 30.7 Å². The van der Waals surface area contributed by atoms with Gasteiger partial charge in [-0.2, -0.15) is 0 Å². The Bertz CT molecular complexity index is 683. The molecule has 3 aromatic rings. The van der Waals surface area contributed by atoms with Crippen LogP contribution >= 0.6 is 0 Å². The number of nitrogens with zero attached hydrogens (tertiary/aromatic N) is 1. The van der Waals surface area contributed by atoms with Gasteiger partial charge in [0.1, 0.15) is 0 Å². The summed E-state index contributed by atoms with van der Waals surface area (Å²) in [5.41, 5.74) is 10.8. The molecule has 3 rings (SSSR count). The van der Waals surface area contributed by atoms with E-state index in [1.807, 2.05) is 6.07 Å². The van der Waals surface area contributed by atoms with Crippen molar-refractivity contribution in [1.29, 1.82) is 0 Å². The summed E-state index contributed by atoms with van der Waals surface area (Å²) in [6.45, 7) is 2.09. The van der Waals surface area contributed by atoms with Crippen LogP contribution in [0.4, 0.5) is 5.69 Å². The van der Waals surface area contributed by atoms with Gasteiger partial charge in [-0.1, -0.05) is 18.2 Å². The zero-order valence-corrected chi connectivity index (χ0v) is 9.57. The summed E-state index contributed by atoms with van der Waals surface area (Å²) in [6, 6.07) is 12.0. The van der Waals surface area contributed by atoms with Gasteiger partial charge in [0.25, 0.3) is 0 Å². The van der Waals surface area contributed by atoms with Gasteiger partial charge in [0.05, 0.1) is 11.4 Å². The van der Waals surface area contributed by atoms with Crippen molar-refractivity contribution >= 4 is 16.6 Å². The average Bonchev–Trinajstić information content (AvgIpc) is 2.74. The van der Waals surface area contributed by atoms with Crippen molar-refractivity contribution in [2.45, 2.75) is 6.92 Å². The number of nitrogens with two attached hydrogens (primary N) is 1. The number of H-pyrrole nitrogens is 1. The molecule has 17 heavy (non-hydrogen) atoms. The minimum Gasteiger partial charge on any atom is -0.399 e. The number of hydrogen-bond acceptors (Lipinski definition) is 2. The van der Waals surface area contributed by atoms with E-state index in [2.05, 4.69) is 41.2 Å². The molecule has 0 unspecified atom stereocenters. The standard InChI is InChI=1S/C14H13N3/c1-9-3-2-4-10-7-13(17-14(9)10)12-8-11(15)5-6-16-12/h2-8,17H,1H3,(H2,15,16). The van der Waals surface area contributed by atoms with E-state index in [0.29, 0.717) is 0 Å². The monoisotopic (exact) mass is 223 g/mol. The maximum absolute atomic E-state index is 5.77. The zero-order chi connectivity index (χ0) is 11.8. The number of benzene rings is 1. The van der Waals surface area contributed by atoms with Gasteiger partial charge in [0.2, 0.25) is 0 Å². The number of aryl methyl sites for hydroxylation is 1. The molecule has 0 amide bonds. The maximum Gasteiger partial charge on any atom is 0.0885 e. The predicted octanol–water partition coefficient (Wildman–Crippen LogP) is 3.12. The Labute approximate surface area is 99.3 Å². The van der Waals surface area contributed by atoms with Crippen molar-refractivity contribution < 1.29 is 0 Å². The Kier molecular flexibility index (Phi) is 2.11. The van der Waals surface area contributed by atoms with Crippen LogP contribution in [0.15, 0.2) is 42.6 Å². The van der Waals surface area contributed by atoms with E-state index in [1.165, 1.54) is 10.9 Å². The molecular formula is C14H13N3. The number of rotatable bonds is 1. The van der Waals surface area contributed by atoms with Crippen molar-refractivity contribution in [2.75, 3.05) is 5.73 Å². The van der Waals surface area contributed by atoms with Crippen LogP contribution in [0.2, 0.25) is 0 Å². The predicted molar refractivity (Wildman–Crippen MR) is 70.7 cm³/mol. The molecule has 0 atom stereocenters. The normalized spacial score (nSPS) is 10.9. The number of pyridine rings is 1. The number of nitrogen functional groups attached to an aromatic ring is 1. The topological polar surface area (TPSA) is 54.7 Å². The van der Waals surface area contributed by atoms with Crippen LogP contribution < -0.4 is 5.73 Å². The first-order valence-electron chi connectivity index (χ1n) is 5.54. The van der Waals surface area contributed by atoms with Crippen molar-refractivity contribution in [2.24, 2.45) is 0 Å². The summed E-state index contributed by atoms with van der Waals surface area (Å²) in [6.07, 6.45) is 1.73. The summed E-state index contributed by atoms with van der Waals surface area (Å²) in [5, 5.41) is 1.20. The highest BCUT2D eigenvalue weighted by atomic mass is 14.8. The summed E-state index contributed by atoms with van der Waals surface area (Å²) >= 11 is 0. The van der Waals surface area contributed by atoms with E-state index in [4.69, 9.17) is 5.73 Å². The largest absolute Gasteiger partial charge is 0.399 e. The van der Waals surface area contributed by atoms with Crippen LogP contribution in [0.1, 0.15) is 5.56 Å². The van der Waals surface area contributed by atoms with Crippen LogP contribution in [-0.4, -0.2) is 9.97 Å². The maximum atomic E-state index is 5.77. The highest BCUT2D eigenvalue weighted by Gasteiger charge is 2.05. The van der Waals surface area contributed by atoms with Crippen LogP contribution in [0.5, 0.6) is 0 Å². The molecule has 0 saturated heterocycles. The summed E-state index contributed by atoms with van der Waals surface area (Å²) in [4.78, 5) is 7.71. The number of nitrogens with one attached hydrogen (secondary N) is 1. The molecule has 0 saturated carbocycles. The summed E-state index contributed by atoms with van der Waals surface area (Å²) in [7, 11) is 0. The van der Waals surface area contributed by atoms with Crippen molar-refractivity contribution in [3.8, 4) is 11.4 Å². The molecule has 0 fully saturated rings. The van der Waals surface area contributed by atoms with E-state index in [1.54, 1.807) is 12.3 Å². The molecule has 3 heteroatoms. The molecule has 0 aliphatic heterocycles. The second kappa shape index (κ2) is 3.63. The van der Waals surface area contributed by atoms with Gasteiger partial charge in [-0.25, -0.2) is 0 Å². The third-order valence-corrected chi connectivity index (χ3v) is 2.92. The van der Waals surface area contributed by atoms with E-state index in [0.717, 1.165) is 22.6 Å². The number of aromatic nitrogens is 2. The molecule has 0 spiro atoms. The van der Waals surface area contributed by atoms with Crippen LogP contribution in [0.25, 0.3) is 22.3 Å². The second-order valence-electron chi connectivity index (χ2n) is 4.20. The Balaban J connectivity index is 2.22. The van der Waals surface area contributed by atoms with Gasteiger partial charge in [0, 0.05) is 22.8 Å². The lowest BCUT2D eigenvalue weighted by Gasteiger charge is -1.98. The quantitative estimate of drug-likeness (QED) is 0.666. The second-order valence-corrected chi connectivity index (χ2v) is 4.20. The summed E-state index contributed by atoms with van der Waals surface area (Å²) in [5.74, 6) is 0. The average molecular weight is 223 g/mol. The first-order chi connectivity index (χ1) is 8.24. The number of anilines is 1. The van der Waals surface area contributed by atoms with E-state index >= 15 is 0 Å². The lowest BCUT2D eigenvalue weighted by molar-refractivity contribution is 1.29. The van der Waals surface area contributed by atoms with Gasteiger partial charge in [-0.15, -0.1) is 0 Å². The molecular weight excluding hydrogens is 210 g/mol. The van der Waals surface area contributed by atoms with E-state index < -0.39 is 0 Å². The highest BCUT2D eigenvalue weighted by Crippen LogP contribution is 2.25. The lowest BCUT2D eigenvalue weighted by Crippen LogP contribution is -1.88. The van der Waals surface area contributed by atoms with Gasteiger partial charge in [-0.3, -0.25) is 4.98 Å². The Morgan fingerprint density at radius 2 is 2.06 bits per heavy atom. The Morgan fingerprint density at radius 1 is 1.18 bits per heavy atom. The molecule has 1 aromatic carbocycles. The minimum atomic E-state index is 0.727. The molecule has 0 bridgehead atoms. The number of fused-ring (bicyclic) bond motifs is 1. The molecule has 0 aliphatic carbocycles. The van der Waals surface area contributed by atoms with Gasteiger partial charge in [0.15, 0.2) is 0 Å². The van der Waals surface area contributed by atoms with Crippen LogP contribution in [0, 0.1) is 6.92 Å². The first-order valence-corrected chi connectivity index (χ1v) is 5.54. The Hall–Kier alpha value is -2.29. The SMILES string of the molecule is Cc1cccc2cc(-c3cc(N)ccn3)[nH]c12. The number of hydrogen-bond donors (Lipinski definition) is 2. The van der Waals surface area contributed by atoms with E-state index in [-0.39, 0.29) is 0 Å². The molecule has 2 aromatic heterocycles. The molecule has 0 aliphatic rings. The molecule has 0 radical (unpaired) electrons. The van der Waals surface area contributed by atoms with Gasteiger partial charge < -0.3 is 10.7 Å². The van der Waals surface area contributed by atoms with Crippen LogP contribution in [0.3, 0.4) is 0 Å². The third kappa shape index (κ3) is 1.65. The fourth-order valence-electron chi connectivity index (χ4n) is 2.04. The molecule has 3 N–H and O–H groups in total. The fraction of sp³-hybridized carbons (Fsp3) is 0.0714. The Morgan fingerprint density at radius 3 is 2.82 bits per heavy atom. The molecule has 2 heterocycles. The van der Waals surface area contributed by atoms with Crippen molar-refractivity contribution in [1.82, 2.24) is 9.97 Å². The summed E-state index contributed by atoms with van der Waals surface area (Å²) < 4.78 is 0. The fourth-order valence-corrected chi connectivity index (χ4v) is 2.04. The van der Waals surface area contributed by atoms with E-state index in [9.17, 15) is 0 Å². The van der Waals surface area contributed by atoms with Gasteiger partial charge >= 0.3 is 0 Å². The van der Waals surface area contributed by atoms with Crippen molar-refractivity contribution in [3.05, 3.63) is 48.2 Å². The van der Waals surface area contributed by atoms with Crippen molar-refractivity contribution in [3.63, 3.8) is 0 Å². The minimum absolute atomic E-state index is 0.727.